The SMILES string of the molecule is CCNC(=NCC(C)Cn1nc(C)cc1C)NC(C)(C)C. The average molecular weight is 293 g/mol. The molecule has 1 atom stereocenters. The van der Waals surface area contributed by atoms with Gasteiger partial charge in [0, 0.05) is 30.9 Å². The van der Waals surface area contributed by atoms with Gasteiger partial charge in [0.15, 0.2) is 5.96 Å². The van der Waals surface area contributed by atoms with E-state index in [0.29, 0.717) is 5.92 Å². The Morgan fingerprint density at radius 3 is 2.52 bits per heavy atom. The molecule has 0 fully saturated rings. The highest BCUT2D eigenvalue weighted by molar-refractivity contribution is 5.80. The van der Waals surface area contributed by atoms with E-state index in [1.165, 1.54) is 5.69 Å². The van der Waals surface area contributed by atoms with Crippen LogP contribution in [0.4, 0.5) is 0 Å². The Morgan fingerprint density at radius 2 is 2.05 bits per heavy atom. The van der Waals surface area contributed by atoms with Crippen molar-refractivity contribution in [1.29, 1.82) is 0 Å². The maximum absolute atomic E-state index is 4.68. The normalized spacial score (nSPS) is 14.1. The molecule has 1 aromatic rings. The Balaban J connectivity index is 2.60. The Morgan fingerprint density at radius 1 is 1.38 bits per heavy atom. The fourth-order valence-corrected chi connectivity index (χ4v) is 2.12. The van der Waals surface area contributed by atoms with Gasteiger partial charge in [-0.1, -0.05) is 6.92 Å². The van der Waals surface area contributed by atoms with Crippen LogP contribution in [0, 0.1) is 19.8 Å². The molecule has 1 aromatic heterocycles. The molecule has 5 nitrogen and oxygen atoms in total. The van der Waals surface area contributed by atoms with Crippen LogP contribution >= 0.6 is 0 Å². The Kier molecular flexibility index (Phi) is 6.24. The second kappa shape index (κ2) is 7.48. The van der Waals surface area contributed by atoms with Crippen LogP contribution in [0.25, 0.3) is 0 Å². The minimum atomic E-state index is 0.0138. The first-order valence-electron chi connectivity index (χ1n) is 7.79. The van der Waals surface area contributed by atoms with Gasteiger partial charge in [-0.2, -0.15) is 5.10 Å². The molecule has 5 heteroatoms. The van der Waals surface area contributed by atoms with Gasteiger partial charge in [0.2, 0.25) is 0 Å². The molecule has 1 unspecified atom stereocenters. The maximum Gasteiger partial charge on any atom is 0.191 e. The van der Waals surface area contributed by atoms with Crippen molar-refractivity contribution >= 4 is 5.96 Å². The van der Waals surface area contributed by atoms with Gasteiger partial charge in [0.1, 0.15) is 0 Å². The minimum Gasteiger partial charge on any atom is -0.357 e. The number of rotatable bonds is 5. The summed E-state index contributed by atoms with van der Waals surface area (Å²) in [5.74, 6) is 1.32. The number of hydrogen-bond donors (Lipinski definition) is 2. The molecule has 0 saturated carbocycles. The molecular formula is C16H31N5. The summed E-state index contributed by atoms with van der Waals surface area (Å²) in [5, 5.41) is 11.2. The molecule has 120 valence electrons. The van der Waals surface area contributed by atoms with Gasteiger partial charge in [0.05, 0.1) is 5.69 Å². The smallest absolute Gasteiger partial charge is 0.191 e. The lowest BCUT2D eigenvalue weighted by Gasteiger charge is -2.24. The van der Waals surface area contributed by atoms with Crippen molar-refractivity contribution in [3.05, 3.63) is 17.5 Å². The first kappa shape index (κ1) is 17.5. The summed E-state index contributed by atoms with van der Waals surface area (Å²) in [4.78, 5) is 4.68. The van der Waals surface area contributed by atoms with Crippen molar-refractivity contribution in [3.8, 4) is 0 Å². The summed E-state index contributed by atoms with van der Waals surface area (Å²) in [6.07, 6.45) is 0. The van der Waals surface area contributed by atoms with Crippen molar-refractivity contribution in [2.75, 3.05) is 13.1 Å². The lowest BCUT2D eigenvalue weighted by Crippen LogP contribution is -2.47. The summed E-state index contributed by atoms with van der Waals surface area (Å²) in [7, 11) is 0. The maximum atomic E-state index is 4.68. The molecule has 0 aliphatic rings. The Hall–Kier alpha value is -1.52. The standard InChI is InChI=1S/C16H31N5/c1-8-17-15(19-16(5,6)7)18-10-12(2)11-21-14(4)9-13(3)20-21/h9,12H,8,10-11H2,1-7H3,(H2,17,18,19). The summed E-state index contributed by atoms with van der Waals surface area (Å²) < 4.78 is 2.07. The van der Waals surface area contributed by atoms with Crippen LogP contribution in [-0.2, 0) is 6.54 Å². The first-order valence-corrected chi connectivity index (χ1v) is 7.79. The van der Waals surface area contributed by atoms with Crippen LogP contribution in [0.15, 0.2) is 11.1 Å². The van der Waals surface area contributed by atoms with Crippen LogP contribution in [0.3, 0.4) is 0 Å². The van der Waals surface area contributed by atoms with Crippen molar-refractivity contribution < 1.29 is 0 Å². The largest absolute Gasteiger partial charge is 0.357 e. The minimum absolute atomic E-state index is 0.0138. The number of aliphatic imine (C=N–C) groups is 1. The van der Waals surface area contributed by atoms with Crippen LogP contribution in [0.2, 0.25) is 0 Å². The summed E-state index contributed by atoms with van der Waals surface area (Å²) >= 11 is 0. The fourth-order valence-electron chi connectivity index (χ4n) is 2.12. The second-order valence-corrected chi connectivity index (χ2v) is 6.81. The van der Waals surface area contributed by atoms with Gasteiger partial charge in [0.25, 0.3) is 0 Å². The molecule has 1 heterocycles. The molecule has 0 radical (unpaired) electrons. The molecule has 0 aliphatic heterocycles. The van der Waals surface area contributed by atoms with E-state index in [0.717, 1.165) is 31.3 Å². The molecule has 0 bridgehead atoms. The molecule has 0 aliphatic carbocycles. The topological polar surface area (TPSA) is 54.2 Å². The third-order valence-corrected chi connectivity index (χ3v) is 2.99. The van der Waals surface area contributed by atoms with Gasteiger partial charge < -0.3 is 10.6 Å². The Labute approximate surface area is 129 Å². The average Bonchev–Trinajstić information content (AvgIpc) is 2.63. The van der Waals surface area contributed by atoms with Crippen molar-refractivity contribution in [3.63, 3.8) is 0 Å². The van der Waals surface area contributed by atoms with Crippen LogP contribution in [0.5, 0.6) is 0 Å². The highest BCUT2D eigenvalue weighted by Gasteiger charge is 2.12. The molecule has 0 spiro atoms. The van der Waals surface area contributed by atoms with Gasteiger partial charge >= 0.3 is 0 Å². The van der Waals surface area contributed by atoms with E-state index in [9.17, 15) is 0 Å². The Bertz CT molecular complexity index is 468. The predicted octanol–water partition coefficient (Wildman–Crippen LogP) is 2.49. The lowest BCUT2D eigenvalue weighted by atomic mass is 10.1. The van der Waals surface area contributed by atoms with E-state index in [1.54, 1.807) is 0 Å². The van der Waals surface area contributed by atoms with Crippen LogP contribution < -0.4 is 10.6 Å². The zero-order valence-electron chi connectivity index (χ0n) is 14.6. The van der Waals surface area contributed by atoms with Gasteiger partial charge in [-0.15, -0.1) is 0 Å². The molecule has 1 rings (SSSR count). The quantitative estimate of drug-likeness (QED) is 0.648. The number of nitrogens with one attached hydrogen (secondary N) is 2. The summed E-state index contributed by atoms with van der Waals surface area (Å²) in [6.45, 7) is 17.4. The van der Waals surface area contributed by atoms with Crippen LogP contribution in [-0.4, -0.2) is 34.4 Å². The van der Waals surface area contributed by atoms with Crippen molar-refractivity contribution in [2.24, 2.45) is 10.9 Å². The molecule has 0 aromatic carbocycles. The van der Waals surface area contributed by atoms with Crippen molar-refractivity contribution in [2.45, 2.75) is 60.5 Å². The molecular weight excluding hydrogens is 262 g/mol. The molecule has 0 amide bonds. The van der Waals surface area contributed by atoms with Gasteiger partial charge in [-0.25, -0.2) is 0 Å². The summed E-state index contributed by atoms with van der Waals surface area (Å²) in [5.41, 5.74) is 2.30. The highest BCUT2D eigenvalue weighted by Crippen LogP contribution is 2.07. The van der Waals surface area contributed by atoms with Gasteiger partial charge in [-0.3, -0.25) is 9.67 Å². The predicted molar refractivity (Wildman–Crippen MR) is 89.7 cm³/mol. The molecule has 21 heavy (non-hydrogen) atoms. The third-order valence-electron chi connectivity index (χ3n) is 2.99. The van der Waals surface area contributed by atoms with E-state index >= 15 is 0 Å². The van der Waals surface area contributed by atoms with E-state index in [-0.39, 0.29) is 5.54 Å². The third kappa shape index (κ3) is 6.65. The lowest BCUT2D eigenvalue weighted by molar-refractivity contribution is 0.446. The first-order chi connectivity index (χ1) is 9.71. The van der Waals surface area contributed by atoms with E-state index in [4.69, 9.17) is 0 Å². The van der Waals surface area contributed by atoms with Crippen LogP contribution in [0.1, 0.15) is 46.0 Å². The molecule has 2 N–H and O–H groups in total. The number of hydrogen-bond acceptors (Lipinski definition) is 2. The number of aromatic nitrogens is 2. The van der Waals surface area contributed by atoms with Crippen molar-refractivity contribution in [1.82, 2.24) is 20.4 Å². The van der Waals surface area contributed by atoms with Gasteiger partial charge in [-0.05, 0) is 53.5 Å². The fraction of sp³-hybridized carbons (Fsp3) is 0.750. The number of nitrogens with zero attached hydrogens (tertiary/aromatic N) is 3. The van der Waals surface area contributed by atoms with E-state index in [1.807, 2.05) is 6.92 Å². The van der Waals surface area contributed by atoms with E-state index in [2.05, 4.69) is 73.0 Å². The zero-order valence-corrected chi connectivity index (χ0v) is 14.6. The number of aryl methyl sites for hydroxylation is 2. The highest BCUT2D eigenvalue weighted by atomic mass is 15.3. The molecule has 0 saturated heterocycles. The monoisotopic (exact) mass is 293 g/mol. The zero-order chi connectivity index (χ0) is 16.0. The van der Waals surface area contributed by atoms with E-state index < -0.39 is 0 Å². The summed E-state index contributed by atoms with van der Waals surface area (Å²) in [6, 6.07) is 2.11. The number of guanidine groups is 1. The second-order valence-electron chi connectivity index (χ2n) is 6.81.